The third-order valence-electron chi connectivity index (χ3n) is 14.3. The third-order valence-corrected chi connectivity index (χ3v) is 14.3. The Labute approximate surface area is 350 Å². The molecule has 0 spiro atoms. The van der Waals surface area contributed by atoms with Crippen LogP contribution in [0.5, 0.6) is 0 Å². The number of hydrogen-bond acceptors (Lipinski definition) is 1. The number of hydrogen-bond donors (Lipinski definition) is 0. The molecule has 3 aliphatic rings. The van der Waals surface area contributed by atoms with Gasteiger partial charge in [-0.05, 0) is 138 Å². The summed E-state index contributed by atoms with van der Waals surface area (Å²) in [6, 6.07) is 64.4. The minimum absolute atomic E-state index is 0.0484. The number of anilines is 3. The van der Waals surface area contributed by atoms with Crippen molar-refractivity contribution in [3.63, 3.8) is 0 Å². The maximum atomic E-state index is 2.51. The lowest BCUT2D eigenvalue weighted by molar-refractivity contribution is 0.443. The summed E-state index contributed by atoms with van der Waals surface area (Å²) < 4.78 is 0. The van der Waals surface area contributed by atoms with Crippen molar-refractivity contribution in [3.8, 4) is 44.5 Å². The van der Waals surface area contributed by atoms with E-state index in [9.17, 15) is 0 Å². The standard InChI is InChI=1S/C58H51N/c1-57(2)51-26-14-13-23-48(51)55-46(24-15-27-52(55)57)47-25-16-28-53-56(47)49-34-33-43(37-54(49)58(53,3)4)59(42-31-29-39(30-32-42)38-17-7-5-8-18-38)44-35-41-21-11-12-22-45(41)50(36-44)40-19-9-6-10-20-40/h6,9-16,19-38H,5,7-8,17-18H2,1-4H3. The third kappa shape index (κ3) is 5.65. The van der Waals surface area contributed by atoms with Crippen molar-refractivity contribution >= 4 is 27.8 Å². The zero-order valence-electron chi connectivity index (χ0n) is 34.7. The van der Waals surface area contributed by atoms with E-state index >= 15 is 0 Å². The lowest BCUT2D eigenvalue weighted by Crippen LogP contribution is -2.16. The van der Waals surface area contributed by atoms with Crippen LogP contribution in [0.2, 0.25) is 0 Å². The second-order valence-electron chi connectivity index (χ2n) is 18.3. The van der Waals surface area contributed by atoms with Gasteiger partial charge in [-0.1, -0.05) is 180 Å². The Kier molecular flexibility index (Phi) is 8.35. The summed E-state index contributed by atoms with van der Waals surface area (Å²) in [6.07, 6.45) is 6.64. The summed E-state index contributed by atoms with van der Waals surface area (Å²) in [4.78, 5) is 2.51. The van der Waals surface area contributed by atoms with Crippen LogP contribution in [0.4, 0.5) is 17.1 Å². The Balaban J connectivity index is 1.09. The van der Waals surface area contributed by atoms with Crippen molar-refractivity contribution < 1.29 is 0 Å². The van der Waals surface area contributed by atoms with Crippen LogP contribution in [0.1, 0.15) is 93.5 Å². The van der Waals surface area contributed by atoms with Crippen LogP contribution in [0.25, 0.3) is 55.3 Å². The Bertz CT molecular complexity index is 2910. The molecule has 8 aromatic carbocycles. The molecule has 0 unspecified atom stereocenters. The number of nitrogens with zero attached hydrogens (tertiary/aromatic N) is 1. The van der Waals surface area contributed by atoms with E-state index < -0.39 is 0 Å². The first kappa shape index (κ1) is 35.9. The summed E-state index contributed by atoms with van der Waals surface area (Å²) in [5.74, 6) is 0.662. The van der Waals surface area contributed by atoms with E-state index in [1.54, 1.807) is 0 Å². The first-order chi connectivity index (χ1) is 28.8. The highest BCUT2D eigenvalue weighted by atomic mass is 15.1. The van der Waals surface area contributed by atoms with Gasteiger partial charge in [0.15, 0.2) is 0 Å². The lowest BCUT2D eigenvalue weighted by Gasteiger charge is -2.29. The number of benzene rings is 8. The predicted molar refractivity (Wildman–Crippen MR) is 250 cm³/mol. The molecule has 0 heterocycles. The first-order valence-corrected chi connectivity index (χ1v) is 21.8. The second-order valence-corrected chi connectivity index (χ2v) is 18.3. The van der Waals surface area contributed by atoms with Gasteiger partial charge >= 0.3 is 0 Å². The van der Waals surface area contributed by atoms with Crippen molar-refractivity contribution in [1.82, 2.24) is 0 Å². The monoisotopic (exact) mass is 761 g/mol. The molecular weight excluding hydrogens is 711 g/mol. The van der Waals surface area contributed by atoms with Crippen LogP contribution >= 0.6 is 0 Å². The molecule has 0 radical (unpaired) electrons. The van der Waals surface area contributed by atoms with Crippen molar-refractivity contribution in [2.75, 3.05) is 4.90 Å². The summed E-state index contributed by atoms with van der Waals surface area (Å²) in [6.45, 7) is 9.60. The first-order valence-electron chi connectivity index (χ1n) is 21.8. The van der Waals surface area contributed by atoms with Gasteiger partial charge in [0.05, 0.1) is 0 Å². The van der Waals surface area contributed by atoms with Gasteiger partial charge in [0.25, 0.3) is 0 Å². The molecule has 1 nitrogen and oxygen atoms in total. The van der Waals surface area contributed by atoms with E-state index in [2.05, 4.69) is 202 Å². The van der Waals surface area contributed by atoms with E-state index in [4.69, 9.17) is 0 Å². The van der Waals surface area contributed by atoms with Crippen LogP contribution < -0.4 is 4.90 Å². The maximum Gasteiger partial charge on any atom is 0.0474 e. The highest BCUT2D eigenvalue weighted by molar-refractivity contribution is 6.03. The van der Waals surface area contributed by atoms with Gasteiger partial charge in [-0.15, -0.1) is 0 Å². The van der Waals surface area contributed by atoms with Gasteiger partial charge in [0, 0.05) is 27.9 Å². The molecule has 11 rings (SSSR count). The molecule has 8 aromatic rings. The molecule has 0 atom stereocenters. The van der Waals surface area contributed by atoms with Gasteiger partial charge < -0.3 is 4.90 Å². The van der Waals surface area contributed by atoms with E-state index in [1.807, 2.05) is 0 Å². The van der Waals surface area contributed by atoms with Gasteiger partial charge in [-0.25, -0.2) is 0 Å². The molecule has 0 amide bonds. The average Bonchev–Trinajstić information content (AvgIpc) is 3.66. The average molecular weight is 762 g/mol. The molecule has 1 fully saturated rings. The quantitative estimate of drug-likeness (QED) is 0.163. The highest BCUT2D eigenvalue weighted by Gasteiger charge is 2.40. The van der Waals surface area contributed by atoms with Gasteiger partial charge in [-0.3, -0.25) is 0 Å². The minimum Gasteiger partial charge on any atom is -0.310 e. The molecule has 0 aromatic heterocycles. The normalized spacial score (nSPS) is 16.0. The maximum absolute atomic E-state index is 2.51. The number of fused-ring (bicyclic) bond motifs is 7. The van der Waals surface area contributed by atoms with E-state index in [1.165, 1.54) is 132 Å². The van der Waals surface area contributed by atoms with Gasteiger partial charge in [-0.2, -0.15) is 0 Å². The molecule has 0 aliphatic heterocycles. The zero-order chi connectivity index (χ0) is 39.9. The molecule has 1 saturated carbocycles. The smallest absolute Gasteiger partial charge is 0.0474 e. The zero-order valence-corrected chi connectivity index (χ0v) is 34.7. The van der Waals surface area contributed by atoms with Gasteiger partial charge in [0.2, 0.25) is 0 Å². The predicted octanol–water partition coefficient (Wildman–Crippen LogP) is 16.3. The number of rotatable bonds is 6. The molecule has 1 heteroatoms. The fraction of sp³-hybridized carbons (Fsp3) is 0.207. The Morgan fingerprint density at radius 2 is 0.983 bits per heavy atom. The van der Waals surface area contributed by atoms with Crippen molar-refractivity contribution in [2.45, 2.75) is 76.5 Å². The summed E-state index contributed by atoms with van der Waals surface area (Å²) in [5, 5.41) is 2.51. The highest BCUT2D eigenvalue weighted by Crippen LogP contribution is 2.57. The summed E-state index contributed by atoms with van der Waals surface area (Å²) in [5.41, 5.74) is 21.0. The largest absolute Gasteiger partial charge is 0.310 e. The second kappa shape index (κ2) is 13.7. The Morgan fingerprint density at radius 1 is 0.407 bits per heavy atom. The van der Waals surface area contributed by atoms with Crippen molar-refractivity contribution in [1.29, 1.82) is 0 Å². The minimum atomic E-state index is -0.194. The van der Waals surface area contributed by atoms with Crippen LogP contribution in [0, 0.1) is 0 Å². The fourth-order valence-corrected chi connectivity index (χ4v) is 11.2. The molecule has 0 bridgehead atoms. The molecule has 288 valence electrons. The Morgan fingerprint density at radius 3 is 1.71 bits per heavy atom. The van der Waals surface area contributed by atoms with Crippen LogP contribution in [-0.4, -0.2) is 0 Å². The lowest BCUT2D eigenvalue weighted by atomic mass is 9.80. The van der Waals surface area contributed by atoms with Gasteiger partial charge in [0.1, 0.15) is 0 Å². The molecule has 0 saturated heterocycles. The van der Waals surface area contributed by atoms with Crippen molar-refractivity contribution in [2.24, 2.45) is 0 Å². The Hall–Kier alpha value is -6.18. The van der Waals surface area contributed by atoms with Crippen molar-refractivity contribution in [3.05, 3.63) is 198 Å². The molecular formula is C58H51N. The molecule has 59 heavy (non-hydrogen) atoms. The molecule has 0 N–H and O–H groups in total. The van der Waals surface area contributed by atoms with Crippen LogP contribution in [0.15, 0.2) is 170 Å². The molecule has 3 aliphatic carbocycles. The van der Waals surface area contributed by atoms with E-state index in [0.29, 0.717) is 5.92 Å². The van der Waals surface area contributed by atoms with Crippen LogP contribution in [0.3, 0.4) is 0 Å². The fourth-order valence-electron chi connectivity index (χ4n) is 11.2. The van der Waals surface area contributed by atoms with E-state index in [0.717, 1.165) is 0 Å². The topological polar surface area (TPSA) is 3.24 Å². The van der Waals surface area contributed by atoms with Crippen LogP contribution in [-0.2, 0) is 10.8 Å². The van der Waals surface area contributed by atoms with E-state index in [-0.39, 0.29) is 10.8 Å². The summed E-state index contributed by atoms with van der Waals surface area (Å²) in [7, 11) is 0. The summed E-state index contributed by atoms with van der Waals surface area (Å²) >= 11 is 0. The SMILES string of the molecule is CC1(C)c2ccccc2-c2c(-c3cccc4c3-c3ccc(N(c5ccc(C6CCCCC6)cc5)c5cc(-c6ccccc6)c6ccccc6c5)cc3C4(C)C)cccc21.